The van der Waals surface area contributed by atoms with E-state index in [0.717, 1.165) is 35.1 Å². The molecule has 0 aliphatic heterocycles. The summed E-state index contributed by atoms with van der Waals surface area (Å²) in [5.74, 6) is 0.701. The highest BCUT2D eigenvalue weighted by atomic mass is 79.9. The zero-order valence-corrected chi connectivity index (χ0v) is 13.2. The quantitative estimate of drug-likeness (QED) is 0.779. The third kappa shape index (κ3) is 4.32. The Morgan fingerprint density at radius 1 is 1.15 bits per heavy atom. The Kier molecular flexibility index (Phi) is 6.02. The van der Waals surface area contributed by atoms with Crippen molar-refractivity contribution in [2.45, 2.75) is 26.5 Å². The number of hydrogen-bond acceptors (Lipinski definition) is 3. The molecule has 0 aliphatic carbocycles. The van der Waals surface area contributed by atoms with Crippen molar-refractivity contribution in [1.82, 2.24) is 10.3 Å². The first-order valence-electron chi connectivity index (χ1n) is 6.82. The van der Waals surface area contributed by atoms with E-state index >= 15 is 0 Å². The molecule has 2 aromatic rings. The molecule has 3 nitrogen and oxygen atoms in total. The predicted octanol–water partition coefficient (Wildman–Crippen LogP) is 3.92. The van der Waals surface area contributed by atoms with Gasteiger partial charge in [0, 0.05) is 28.3 Å². The molecule has 2 rings (SSSR count). The van der Waals surface area contributed by atoms with Gasteiger partial charge >= 0.3 is 0 Å². The predicted molar refractivity (Wildman–Crippen MR) is 84.7 cm³/mol. The molecule has 0 radical (unpaired) electrons. The van der Waals surface area contributed by atoms with E-state index < -0.39 is 0 Å². The van der Waals surface area contributed by atoms with Gasteiger partial charge < -0.3 is 10.1 Å². The fourth-order valence-corrected chi connectivity index (χ4v) is 2.25. The molecule has 0 amide bonds. The van der Waals surface area contributed by atoms with E-state index in [4.69, 9.17) is 4.74 Å². The normalized spacial score (nSPS) is 10.5. The minimum atomic E-state index is 0.513. The lowest BCUT2D eigenvalue weighted by Crippen LogP contribution is -2.15. The van der Waals surface area contributed by atoms with E-state index in [1.54, 1.807) is 6.20 Å². The summed E-state index contributed by atoms with van der Waals surface area (Å²) in [5, 5.41) is 3.37. The number of pyridine rings is 1. The van der Waals surface area contributed by atoms with Gasteiger partial charge in [-0.25, -0.2) is 4.98 Å². The van der Waals surface area contributed by atoms with E-state index in [1.807, 2.05) is 36.4 Å². The second-order valence-corrected chi connectivity index (χ2v) is 5.38. The molecule has 1 heterocycles. The van der Waals surface area contributed by atoms with Crippen molar-refractivity contribution in [2.24, 2.45) is 0 Å². The number of nitrogens with one attached hydrogen (secondary N) is 1. The first-order chi connectivity index (χ1) is 9.81. The second-order valence-electron chi connectivity index (χ2n) is 4.52. The van der Waals surface area contributed by atoms with Crippen LogP contribution in [0.1, 0.15) is 24.5 Å². The monoisotopic (exact) mass is 334 g/mol. The van der Waals surface area contributed by atoms with Crippen molar-refractivity contribution in [3.63, 3.8) is 0 Å². The number of ether oxygens (including phenoxy) is 1. The molecule has 106 valence electrons. The molecule has 0 saturated heterocycles. The maximum atomic E-state index is 5.85. The van der Waals surface area contributed by atoms with Crippen molar-refractivity contribution in [3.8, 4) is 5.88 Å². The molecule has 0 unspecified atom stereocenters. The summed E-state index contributed by atoms with van der Waals surface area (Å²) in [6, 6.07) is 12.0. The fraction of sp³-hybridized carbons (Fsp3) is 0.312. The maximum absolute atomic E-state index is 5.85. The van der Waals surface area contributed by atoms with Crippen molar-refractivity contribution in [3.05, 3.63) is 58.2 Å². The fourth-order valence-electron chi connectivity index (χ4n) is 1.85. The number of rotatable bonds is 7. The van der Waals surface area contributed by atoms with Crippen molar-refractivity contribution < 1.29 is 4.74 Å². The number of aromatic nitrogens is 1. The molecule has 1 aromatic heterocycles. The number of nitrogens with zero attached hydrogens (tertiary/aromatic N) is 1. The first kappa shape index (κ1) is 15.0. The molecule has 20 heavy (non-hydrogen) atoms. The standard InChI is InChI=1S/C16H19BrN2O/c1-2-9-18-11-13-7-5-10-19-16(13)20-12-14-6-3-4-8-15(14)17/h3-8,10,18H,2,9,11-12H2,1H3. The highest BCUT2D eigenvalue weighted by Crippen LogP contribution is 2.20. The van der Waals surface area contributed by atoms with Crippen LogP contribution in [0.4, 0.5) is 0 Å². The lowest BCUT2D eigenvalue weighted by Gasteiger charge is -2.11. The summed E-state index contributed by atoms with van der Waals surface area (Å²) in [6.07, 6.45) is 2.88. The van der Waals surface area contributed by atoms with E-state index in [2.05, 4.69) is 33.2 Å². The Morgan fingerprint density at radius 3 is 2.75 bits per heavy atom. The highest BCUT2D eigenvalue weighted by Gasteiger charge is 2.06. The summed E-state index contributed by atoms with van der Waals surface area (Å²) >= 11 is 3.53. The van der Waals surface area contributed by atoms with Crippen molar-refractivity contribution in [1.29, 1.82) is 0 Å². The topological polar surface area (TPSA) is 34.2 Å². The van der Waals surface area contributed by atoms with E-state index in [0.29, 0.717) is 12.5 Å². The van der Waals surface area contributed by atoms with Crippen LogP contribution < -0.4 is 10.1 Å². The van der Waals surface area contributed by atoms with Gasteiger partial charge in [0.05, 0.1) is 0 Å². The Morgan fingerprint density at radius 2 is 1.95 bits per heavy atom. The number of halogens is 1. The van der Waals surface area contributed by atoms with Crippen LogP contribution in [0.25, 0.3) is 0 Å². The smallest absolute Gasteiger partial charge is 0.218 e. The maximum Gasteiger partial charge on any atom is 0.218 e. The van der Waals surface area contributed by atoms with Crippen LogP contribution in [-0.2, 0) is 13.2 Å². The Hall–Kier alpha value is -1.39. The van der Waals surface area contributed by atoms with Crippen LogP contribution in [0, 0.1) is 0 Å². The summed E-state index contributed by atoms with van der Waals surface area (Å²) in [4.78, 5) is 4.32. The van der Waals surface area contributed by atoms with Crippen molar-refractivity contribution >= 4 is 15.9 Å². The molecular weight excluding hydrogens is 316 g/mol. The van der Waals surface area contributed by atoms with Crippen LogP contribution in [0.5, 0.6) is 5.88 Å². The first-order valence-corrected chi connectivity index (χ1v) is 7.61. The van der Waals surface area contributed by atoms with Gasteiger partial charge in [-0.05, 0) is 25.1 Å². The minimum absolute atomic E-state index is 0.513. The van der Waals surface area contributed by atoms with E-state index in [9.17, 15) is 0 Å². The largest absolute Gasteiger partial charge is 0.473 e. The second kappa shape index (κ2) is 8.02. The molecule has 1 aromatic carbocycles. The Bertz CT molecular complexity index is 546. The molecule has 4 heteroatoms. The van der Waals surface area contributed by atoms with Gasteiger partial charge in [-0.1, -0.05) is 47.1 Å². The van der Waals surface area contributed by atoms with E-state index in [-0.39, 0.29) is 0 Å². The zero-order chi connectivity index (χ0) is 14.2. The highest BCUT2D eigenvalue weighted by molar-refractivity contribution is 9.10. The molecule has 0 bridgehead atoms. The van der Waals surface area contributed by atoms with Gasteiger partial charge in [0.15, 0.2) is 0 Å². The molecule has 0 aliphatic rings. The van der Waals surface area contributed by atoms with Crippen molar-refractivity contribution in [2.75, 3.05) is 6.54 Å². The molecule has 0 spiro atoms. The minimum Gasteiger partial charge on any atom is -0.473 e. The lowest BCUT2D eigenvalue weighted by molar-refractivity contribution is 0.289. The average Bonchev–Trinajstić information content (AvgIpc) is 2.48. The molecule has 0 atom stereocenters. The van der Waals surface area contributed by atoms with Gasteiger partial charge in [-0.15, -0.1) is 0 Å². The summed E-state index contributed by atoms with van der Waals surface area (Å²) < 4.78 is 6.91. The molecule has 0 saturated carbocycles. The third-order valence-electron chi connectivity index (χ3n) is 2.91. The van der Waals surface area contributed by atoms with Gasteiger partial charge in [0.25, 0.3) is 0 Å². The number of hydrogen-bond donors (Lipinski definition) is 1. The van der Waals surface area contributed by atoms with Gasteiger partial charge in [-0.2, -0.15) is 0 Å². The van der Waals surface area contributed by atoms with Crippen LogP contribution in [0.3, 0.4) is 0 Å². The number of benzene rings is 1. The molecule has 0 fully saturated rings. The van der Waals surface area contributed by atoms with Crippen LogP contribution in [0.2, 0.25) is 0 Å². The summed E-state index contributed by atoms with van der Waals surface area (Å²) in [5.41, 5.74) is 2.21. The van der Waals surface area contributed by atoms with Gasteiger partial charge in [0.1, 0.15) is 6.61 Å². The Balaban J connectivity index is 2.00. The van der Waals surface area contributed by atoms with Gasteiger partial charge in [0.2, 0.25) is 5.88 Å². The molecular formula is C16H19BrN2O. The third-order valence-corrected chi connectivity index (χ3v) is 3.69. The van der Waals surface area contributed by atoms with Crippen LogP contribution >= 0.6 is 15.9 Å². The zero-order valence-electron chi connectivity index (χ0n) is 11.6. The lowest BCUT2D eigenvalue weighted by atomic mass is 10.2. The Labute approximate surface area is 128 Å². The van der Waals surface area contributed by atoms with Gasteiger partial charge in [-0.3, -0.25) is 0 Å². The van der Waals surface area contributed by atoms with E-state index in [1.165, 1.54) is 0 Å². The molecule has 1 N–H and O–H groups in total. The SMILES string of the molecule is CCCNCc1cccnc1OCc1ccccc1Br. The van der Waals surface area contributed by atoms with Crippen LogP contribution in [0.15, 0.2) is 47.1 Å². The summed E-state index contributed by atoms with van der Waals surface area (Å²) in [6.45, 7) is 4.45. The van der Waals surface area contributed by atoms with Crippen LogP contribution in [-0.4, -0.2) is 11.5 Å². The average molecular weight is 335 g/mol. The summed E-state index contributed by atoms with van der Waals surface area (Å²) in [7, 11) is 0.